The van der Waals surface area contributed by atoms with Gasteiger partial charge in [0.15, 0.2) is 0 Å². The van der Waals surface area contributed by atoms with Crippen LogP contribution < -0.4 is 4.90 Å². The molecule has 7 nitrogen and oxygen atoms in total. The maximum Gasteiger partial charge on any atom is 0.247 e. The van der Waals surface area contributed by atoms with Crippen LogP contribution in [0.1, 0.15) is 33.1 Å². The Morgan fingerprint density at radius 1 is 1.06 bits per heavy atom. The lowest BCUT2D eigenvalue weighted by molar-refractivity contribution is -0.145. The highest BCUT2D eigenvalue weighted by Crippen LogP contribution is 2.61. The Morgan fingerprint density at radius 2 is 1.83 bits per heavy atom. The fourth-order valence-corrected chi connectivity index (χ4v) is 8.27. The molecule has 0 aromatic heterocycles. The van der Waals surface area contributed by atoms with E-state index in [2.05, 4.69) is 13.0 Å². The molecule has 192 valence electrons. The number of hydrogen-bond acceptors (Lipinski definition) is 5. The molecule has 6 atom stereocenters. The summed E-state index contributed by atoms with van der Waals surface area (Å²) in [5.74, 6) is -1.60. The van der Waals surface area contributed by atoms with Gasteiger partial charge in [-0.3, -0.25) is 14.4 Å². The van der Waals surface area contributed by atoms with E-state index in [0.29, 0.717) is 19.6 Å². The van der Waals surface area contributed by atoms with Crippen molar-refractivity contribution >= 4 is 35.2 Å². The Morgan fingerprint density at radius 3 is 2.56 bits per heavy atom. The summed E-state index contributed by atoms with van der Waals surface area (Å²) in [6, 6.07) is 8.29. The molecule has 2 saturated heterocycles. The average Bonchev–Trinajstić information content (AvgIpc) is 3.21. The topological polar surface area (TPSA) is 81.2 Å². The molecule has 4 heterocycles. The molecule has 1 aromatic carbocycles. The Balaban J connectivity index is 1.56. The van der Waals surface area contributed by atoms with Crippen LogP contribution in [-0.4, -0.2) is 80.9 Å². The standard InChI is InChI=1S/C28H35N3O4S/c1-3-4-8-15-29-16-10-14-28-23(26(34)31(19(2)18-32)24(28)27(29)35)22-21(36-28)13-9-17-30(25(22)33)20-11-6-5-7-12-20/h5-7,9-14,19,21-24,32H,3-4,8,15-18H2,1-2H3/t19-,21-,22+,23+,24?,28+/m1/s1. The largest absolute Gasteiger partial charge is 0.394 e. The number of aliphatic hydroxyl groups excluding tert-OH is 1. The number of para-hydroxylation sites is 1. The monoisotopic (exact) mass is 509 g/mol. The Hall–Kier alpha value is -2.58. The van der Waals surface area contributed by atoms with Gasteiger partial charge >= 0.3 is 0 Å². The molecule has 1 unspecified atom stereocenters. The SMILES string of the molecule is CCCCCN1CC=C[C@]23S[C@@H]4C=CCN(c5ccccc5)C(=O)[C@@H]4[C@H]2C(=O)N([C@H](C)CO)C3C1=O. The zero-order valence-electron chi connectivity index (χ0n) is 21.0. The molecular formula is C28H35N3O4S. The molecule has 4 aliphatic rings. The third-order valence-corrected chi connectivity index (χ3v) is 9.76. The van der Waals surface area contributed by atoms with Gasteiger partial charge in [-0.2, -0.15) is 0 Å². The van der Waals surface area contributed by atoms with Gasteiger partial charge in [0.2, 0.25) is 17.7 Å². The summed E-state index contributed by atoms with van der Waals surface area (Å²) in [5.41, 5.74) is 0.802. The molecule has 0 aliphatic carbocycles. The first kappa shape index (κ1) is 25.1. The van der Waals surface area contributed by atoms with E-state index in [0.717, 1.165) is 24.9 Å². The zero-order valence-corrected chi connectivity index (χ0v) is 21.8. The summed E-state index contributed by atoms with van der Waals surface area (Å²) < 4.78 is -0.841. The van der Waals surface area contributed by atoms with Crippen molar-refractivity contribution in [1.82, 2.24) is 9.80 Å². The number of nitrogens with zero attached hydrogens (tertiary/aromatic N) is 3. The van der Waals surface area contributed by atoms with E-state index in [4.69, 9.17) is 0 Å². The molecule has 1 spiro atoms. The summed E-state index contributed by atoms with van der Waals surface area (Å²) in [6.07, 6.45) is 11.1. The molecule has 0 saturated carbocycles. The second kappa shape index (κ2) is 10.1. The van der Waals surface area contributed by atoms with Crippen LogP contribution in [0.4, 0.5) is 5.69 Å². The maximum atomic E-state index is 14.1. The molecular weight excluding hydrogens is 474 g/mol. The highest BCUT2D eigenvalue weighted by Gasteiger charge is 2.71. The predicted molar refractivity (Wildman–Crippen MR) is 141 cm³/mol. The summed E-state index contributed by atoms with van der Waals surface area (Å²) in [6.45, 7) is 5.27. The number of fused-ring (bicyclic) bond motifs is 2. The van der Waals surface area contributed by atoms with Gasteiger partial charge in [-0.15, -0.1) is 11.8 Å². The van der Waals surface area contributed by atoms with Crippen LogP contribution in [0.25, 0.3) is 0 Å². The number of carbonyl (C=O) groups excluding carboxylic acids is 3. The molecule has 8 heteroatoms. The normalized spacial score (nSPS) is 32.3. The summed E-state index contributed by atoms with van der Waals surface area (Å²) in [7, 11) is 0. The number of unbranched alkanes of at least 4 members (excludes halogenated alkanes) is 2. The van der Waals surface area contributed by atoms with Crippen LogP contribution in [0.2, 0.25) is 0 Å². The summed E-state index contributed by atoms with van der Waals surface area (Å²) in [4.78, 5) is 47.5. The number of amides is 3. The van der Waals surface area contributed by atoms with Gasteiger partial charge in [-0.25, -0.2) is 0 Å². The van der Waals surface area contributed by atoms with Crippen molar-refractivity contribution < 1.29 is 19.5 Å². The van der Waals surface area contributed by atoms with Crippen molar-refractivity contribution in [2.45, 2.75) is 55.2 Å². The predicted octanol–water partition coefficient (Wildman–Crippen LogP) is 2.86. The fourth-order valence-electron chi connectivity index (χ4n) is 6.28. The minimum atomic E-state index is -0.841. The van der Waals surface area contributed by atoms with Crippen molar-refractivity contribution in [3.63, 3.8) is 0 Å². The molecule has 0 bridgehead atoms. The quantitative estimate of drug-likeness (QED) is 0.452. The van der Waals surface area contributed by atoms with Crippen LogP contribution in [0, 0.1) is 11.8 Å². The molecule has 0 radical (unpaired) electrons. The molecule has 2 fully saturated rings. The van der Waals surface area contributed by atoms with Gasteiger partial charge in [0.1, 0.15) is 6.04 Å². The van der Waals surface area contributed by atoms with E-state index in [1.165, 1.54) is 0 Å². The van der Waals surface area contributed by atoms with Gasteiger partial charge in [0.05, 0.1) is 29.2 Å². The summed E-state index contributed by atoms with van der Waals surface area (Å²) in [5, 5.41) is 9.85. The van der Waals surface area contributed by atoms with Gasteiger partial charge in [0.25, 0.3) is 0 Å². The van der Waals surface area contributed by atoms with Gasteiger partial charge < -0.3 is 19.8 Å². The Kier molecular flexibility index (Phi) is 7.01. The van der Waals surface area contributed by atoms with Crippen molar-refractivity contribution in [1.29, 1.82) is 0 Å². The Bertz CT molecular complexity index is 1080. The van der Waals surface area contributed by atoms with E-state index in [-0.39, 0.29) is 29.6 Å². The lowest BCUT2D eigenvalue weighted by Gasteiger charge is -2.37. The number of hydrogen-bond donors (Lipinski definition) is 1. The lowest BCUT2D eigenvalue weighted by atomic mass is 9.78. The van der Waals surface area contributed by atoms with Crippen molar-refractivity contribution in [3.8, 4) is 0 Å². The molecule has 36 heavy (non-hydrogen) atoms. The highest BCUT2D eigenvalue weighted by atomic mass is 32.2. The number of anilines is 1. The van der Waals surface area contributed by atoms with Crippen LogP contribution in [-0.2, 0) is 14.4 Å². The van der Waals surface area contributed by atoms with Crippen molar-refractivity contribution in [2.75, 3.05) is 31.1 Å². The number of carbonyl (C=O) groups is 3. The highest BCUT2D eigenvalue weighted by molar-refractivity contribution is 8.02. The first-order valence-corrected chi connectivity index (χ1v) is 13.9. The second-order valence-corrected chi connectivity index (χ2v) is 11.7. The number of benzene rings is 1. The Labute approximate surface area is 217 Å². The van der Waals surface area contributed by atoms with Gasteiger partial charge in [0, 0.05) is 30.6 Å². The average molecular weight is 510 g/mol. The molecule has 1 aromatic rings. The van der Waals surface area contributed by atoms with Crippen LogP contribution >= 0.6 is 11.8 Å². The second-order valence-electron chi connectivity index (χ2n) is 10.2. The molecule has 1 N–H and O–H groups in total. The lowest BCUT2D eigenvalue weighted by Crippen LogP contribution is -2.56. The zero-order chi connectivity index (χ0) is 25.4. The number of thioether (sulfide) groups is 1. The number of aliphatic hydroxyl groups is 1. The number of rotatable bonds is 7. The third kappa shape index (κ3) is 3.89. The molecule has 4 aliphatic heterocycles. The third-order valence-electron chi connectivity index (χ3n) is 8.02. The maximum absolute atomic E-state index is 14.1. The van der Waals surface area contributed by atoms with E-state index in [1.54, 1.807) is 28.5 Å². The molecule has 3 amide bonds. The minimum Gasteiger partial charge on any atom is -0.394 e. The summed E-state index contributed by atoms with van der Waals surface area (Å²) >= 11 is 1.58. The van der Waals surface area contributed by atoms with Crippen LogP contribution in [0.15, 0.2) is 54.6 Å². The van der Waals surface area contributed by atoms with Gasteiger partial charge in [-0.05, 0) is 25.5 Å². The van der Waals surface area contributed by atoms with E-state index < -0.39 is 28.7 Å². The van der Waals surface area contributed by atoms with Crippen molar-refractivity contribution in [3.05, 3.63) is 54.6 Å². The smallest absolute Gasteiger partial charge is 0.247 e. The van der Waals surface area contributed by atoms with E-state index >= 15 is 0 Å². The fraction of sp³-hybridized carbons (Fsp3) is 0.536. The van der Waals surface area contributed by atoms with E-state index in [1.807, 2.05) is 53.5 Å². The van der Waals surface area contributed by atoms with Gasteiger partial charge in [-0.1, -0.05) is 62.3 Å². The minimum absolute atomic E-state index is 0.0763. The first-order chi connectivity index (χ1) is 17.4. The van der Waals surface area contributed by atoms with Crippen LogP contribution in [0.5, 0.6) is 0 Å². The van der Waals surface area contributed by atoms with E-state index in [9.17, 15) is 19.5 Å². The molecule has 5 rings (SSSR count). The number of likely N-dealkylation sites (tertiary alicyclic amines) is 1. The first-order valence-electron chi connectivity index (χ1n) is 13.0. The van der Waals surface area contributed by atoms with Crippen molar-refractivity contribution in [2.24, 2.45) is 11.8 Å². The van der Waals surface area contributed by atoms with Crippen LogP contribution in [0.3, 0.4) is 0 Å².